The van der Waals surface area contributed by atoms with Crippen LogP contribution >= 0.6 is 0 Å². The molecular weight excluding hydrogens is 219 g/mol. The molecule has 6 nitrogen and oxygen atoms in total. The molecule has 5 N–H and O–H groups in total. The molecule has 0 unspecified atom stereocenters. The molecule has 0 aliphatic heterocycles. The molecule has 0 radical (unpaired) electrons. The van der Waals surface area contributed by atoms with Gasteiger partial charge in [-0.05, 0) is 0 Å². The number of carboxylic acid groups (broad SMARTS) is 1. The van der Waals surface area contributed by atoms with Gasteiger partial charge in [0.2, 0.25) is 0 Å². The number of hydrogen-bond acceptors (Lipinski definition) is 3. The van der Waals surface area contributed by atoms with Crippen LogP contribution in [0, 0.1) is 0 Å². The summed E-state index contributed by atoms with van der Waals surface area (Å²) in [6.07, 6.45) is -4.51. The Morgan fingerprint density at radius 3 is 2.27 bits per heavy atom. The Labute approximate surface area is 82.6 Å². The minimum atomic E-state index is -4.51. The number of carboxylic acids is 1. The van der Waals surface area contributed by atoms with Gasteiger partial charge >= 0.3 is 18.2 Å². The van der Waals surface area contributed by atoms with Crippen molar-refractivity contribution in [3.05, 3.63) is 0 Å². The summed E-state index contributed by atoms with van der Waals surface area (Å²) in [6, 6.07) is -2.47. The van der Waals surface area contributed by atoms with Gasteiger partial charge in [0.25, 0.3) is 0 Å². The predicted octanol–water partition coefficient (Wildman–Crippen LogP) is -0.740. The maximum absolute atomic E-state index is 11.6. The largest absolute Gasteiger partial charge is 0.480 e. The SMILES string of the molecule is N[C@@H](CNC(=O)NCC(F)(F)F)C(=O)O. The second-order valence-electron chi connectivity index (χ2n) is 2.62. The zero-order chi connectivity index (χ0) is 12.1. The first-order chi connectivity index (χ1) is 6.72. The quantitative estimate of drug-likeness (QED) is 0.509. The molecule has 2 amide bonds. The summed E-state index contributed by atoms with van der Waals surface area (Å²) in [5.74, 6) is -1.36. The maximum atomic E-state index is 11.6. The van der Waals surface area contributed by atoms with Crippen molar-refractivity contribution < 1.29 is 27.9 Å². The minimum absolute atomic E-state index is 0.445. The lowest BCUT2D eigenvalue weighted by Crippen LogP contribution is -2.47. The Morgan fingerprint density at radius 2 is 1.87 bits per heavy atom. The number of alkyl halides is 3. The molecule has 88 valence electrons. The van der Waals surface area contributed by atoms with Gasteiger partial charge in [-0.1, -0.05) is 0 Å². The van der Waals surface area contributed by atoms with Crippen LogP contribution in [0.5, 0.6) is 0 Å². The third-order valence-electron chi connectivity index (χ3n) is 1.25. The van der Waals surface area contributed by atoms with Crippen LogP contribution < -0.4 is 16.4 Å². The highest BCUT2D eigenvalue weighted by Crippen LogP contribution is 2.11. The highest BCUT2D eigenvalue weighted by atomic mass is 19.4. The van der Waals surface area contributed by atoms with E-state index in [2.05, 4.69) is 0 Å². The molecule has 0 spiro atoms. The number of urea groups is 1. The van der Waals surface area contributed by atoms with Gasteiger partial charge in [-0.3, -0.25) is 4.79 Å². The van der Waals surface area contributed by atoms with Crippen LogP contribution in [0.4, 0.5) is 18.0 Å². The second kappa shape index (κ2) is 5.39. The van der Waals surface area contributed by atoms with Gasteiger partial charge in [-0.25, -0.2) is 4.79 Å². The number of hydrogen-bond donors (Lipinski definition) is 4. The Morgan fingerprint density at radius 1 is 1.33 bits per heavy atom. The van der Waals surface area contributed by atoms with Crippen molar-refractivity contribution in [2.45, 2.75) is 12.2 Å². The topological polar surface area (TPSA) is 104 Å². The van der Waals surface area contributed by atoms with E-state index in [1.54, 1.807) is 0 Å². The van der Waals surface area contributed by atoms with E-state index in [1.165, 1.54) is 5.32 Å². The lowest BCUT2D eigenvalue weighted by Gasteiger charge is -2.11. The third-order valence-corrected chi connectivity index (χ3v) is 1.25. The van der Waals surface area contributed by atoms with Gasteiger partial charge in [0.05, 0.1) is 0 Å². The Hall–Kier alpha value is -1.51. The van der Waals surface area contributed by atoms with Crippen LogP contribution in [0.15, 0.2) is 0 Å². The average molecular weight is 229 g/mol. The number of carbonyl (C=O) groups is 2. The van der Waals surface area contributed by atoms with E-state index in [9.17, 15) is 22.8 Å². The van der Waals surface area contributed by atoms with Crippen LogP contribution in [-0.4, -0.2) is 42.4 Å². The maximum Gasteiger partial charge on any atom is 0.405 e. The smallest absolute Gasteiger partial charge is 0.405 e. The number of aliphatic carboxylic acids is 1. The fraction of sp³-hybridized carbons (Fsp3) is 0.667. The zero-order valence-corrected chi connectivity index (χ0v) is 7.47. The van der Waals surface area contributed by atoms with Crippen molar-refractivity contribution >= 4 is 12.0 Å². The van der Waals surface area contributed by atoms with Gasteiger partial charge in [-0.2, -0.15) is 13.2 Å². The van der Waals surface area contributed by atoms with E-state index < -0.39 is 37.3 Å². The predicted molar refractivity (Wildman–Crippen MR) is 43.1 cm³/mol. The highest BCUT2D eigenvalue weighted by molar-refractivity contribution is 5.77. The molecule has 0 rings (SSSR count). The molecule has 9 heteroatoms. The minimum Gasteiger partial charge on any atom is -0.480 e. The van der Waals surface area contributed by atoms with E-state index in [4.69, 9.17) is 10.8 Å². The molecule has 0 aromatic carbocycles. The Bertz CT molecular complexity index is 244. The monoisotopic (exact) mass is 229 g/mol. The fourth-order valence-electron chi connectivity index (χ4n) is 0.533. The number of nitrogens with one attached hydrogen (secondary N) is 2. The van der Waals surface area contributed by atoms with Gasteiger partial charge in [0, 0.05) is 6.54 Å². The molecule has 0 heterocycles. The lowest BCUT2D eigenvalue weighted by atomic mass is 10.3. The summed E-state index contributed by atoms with van der Waals surface area (Å²) in [5.41, 5.74) is 4.98. The normalized spacial score (nSPS) is 13.1. The summed E-state index contributed by atoms with van der Waals surface area (Å²) in [7, 11) is 0. The molecular formula is C6H10F3N3O3. The van der Waals surface area contributed by atoms with Crippen molar-refractivity contribution in [1.29, 1.82) is 0 Å². The first-order valence-electron chi connectivity index (χ1n) is 3.79. The highest BCUT2D eigenvalue weighted by Gasteiger charge is 2.27. The number of nitrogens with two attached hydrogens (primary N) is 1. The van der Waals surface area contributed by atoms with Crippen LogP contribution in [-0.2, 0) is 4.79 Å². The molecule has 0 saturated heterocycles. The molecule has 0 aliphatic carbocycles. The number of halogens is 3. The van der Waals surface area contributed by atoms with E-state index in [0.717, 1.165) is 0 Å². The molecule has 0 bridgehead atoms. The van der Waals surface area contributed by atoms with Crippen molar-refractivity contribution in [3.63, 3.8) is 0 Å². The fourth-order valence-corrected chi connectivity index (χ4v) is 0.533. The number of amides is 2. The average Bonchev–Trinajstić information content (AvgIpc) is 2.09. The van der Waals surface area contributed by atoms with Crippen LogP contribution in [0.3, 0.4) is 0 Å². The van der Waals surface area contributed by atoms with Crippen molar-refractivity contribution in [3.8, 4) is 0 Å². The van der Waals surface area contributed by atoms with Crippen LogP contribution in [0.1, 0.15) is 0 Å². The number of rotatable bonds is 4. The standard InChI is InChI=1S/C6H10F3N3O3/c7-6(8,9)2-12-5(15)11-1-3(10)4(13)14/h3H,1-2,10H2,(H,13,14)(H2,11,12,15)/t3-/m0/s1. The van der Waals surface area contributed by atoms with E-state index in [1.807, 2.05) is 5.32 Å². The third kappa shape index (κ3) is 7.55. The lowest BCUT2D eigenvalue weighted by molar-refractivity contribution is -0.138. The molecule has 0 saturated carbocycles. The first kappa shape index (κ1) is 13.5. The van der Waals surface area contributed by atoms with E-state index in [-0.39, 0.29) is 0 Å². The van der Waals surface area contributed by atoms with Crippen molar-refractivity contribution in [2.24, 2.45) is 5.73 Å². The van der Waals surface area contributed by atoms with E-state index >= 15 is 0 Å². The van der Waals surface area contributed by atoms with Gasteiger partial charge in [0.1, 0.15) is 12.6 Å². The molecule has 15 heavy (non-hydrogen) atoms. The molecule has 0 aromatic heterocycles. The van der Waals surface area contributed by atoms with Gasteiger partial charge in [0.15, 0.2) is 0 Å². The Balaban J connectivity index is 3.72. The van der Waals surface area contributed by atoms with E-state index in [0.29, 0.717) is 0 Å². The summed E-state index contributed by atoms with van der Waals surface area (Å²) in [5, 5.41) is 11.7. The van der Waals surface area contributed by atoms with Gasteiger partial charge in [-0.15, -0.1) is 0 Å². The number of carbonyl (C=O) groups excluding carboxylic acids is 1. The molecule has 1 atom stereocenters. The van der Waals surface area contributed by atoms with Crippen molar-refractivity contribution in [2.75, 3.05) is 13.1 Å². The van der Waals surface area contributed by atoms with Crippen LogP contribution in [0.2, 0.25) is 0 Å². The molecule has 0 aromatic rings. The zero-order valence-electron chi connectivity index (χ0n) is 7.47. The van der Waals surface area contributed by atoms with Gasteiger partial charge < -0.3 is 21.5 Å². The summed E-state index contributed by atoms with van der Waals surface area (Å²) >= 11 is 0. The summed E-state index contributed by atoms with van der Waals surface area (Å²) < 4.78 is 34.7. The summed E-state index contributed by atoms with van der Waals surface area (Å²) in [6.45, 7) is -1.93. The Kier molecular flexibility index (Phi) is 4.85. The molecule has 0 aliphatic rings. The summed E-state index contributed by atoms with van der Waals surface area (Å²) in [4.78, 5) is 20.8. The first-order valence-corrected chi connectivity index (χ1v) is 3.79. The second-order valence-corrected chi connectivity index (χ2v) is 2.62. The molecule has 0 fully saturated rings. The van der Waals surface area contributed by atoms with Crippen molar-refractivity contribution in [1.82, 2.24) is 10.6 Å². The van der Waals surface area contributed by atoms with Crippen LogP contribution in [0.25, 0.3) is 0 Å².